The summed E-state index contributed by atoms with van der Waals surface area (Å²) in [7, 11) is 0. The Morgan fingerprint density at radius 3 is 2.61 bits per heavy atom. The number of benzene rings is 1. The number of fused-ring (bicyclic) bond motifs is 1. The summed E-state index contributed by atoms with van der Waals surface area (Å²) in [6.07, 6.45) is 4.46. The molecular formula is C16H24N2. The van der Waals surface area contributed by atoms with Gasteiger partial charge in [-0.25, -0.2) is 0 Å². The summed E-state index contributed by atoms with van der Waals surface area (Å²) >= 11 is 0. The molecule has 0 saturated carbocycles. The molecule has 0 fully saturated rings. The van der Waals surface area contributed by atoms with E-state index in [4.69, 9.17) is 5.73 Å². The summed E-state index contributed by atoms with van der Waals surface area (Å²) in [4.78, 5) is 0. The normalized spacial score (nSPS) is 14.9. The van der Waals surface area contributed by atoms with Gasteiger partial charge in [0.2, 0.25) is 0 Å². The van der Waals surface area contributed by atoms with Crippen molar-refractivity contribution in [3.8, 4) is 0 Å². The monoisotopic (exact) mass is 244 g/mol. The first-order valence-corrected chi connectivity index (χ1v) is 6.94. The minimum absolute atomic E-state index is 0.216. The highest BCUT2D eigenvalue weighted by Gasteiger charge is 2.10. The van der Waals surface area contributed by atoms with E-state index in [2.05, 4.69) is 55.8 Å². The largest absolute Gasteiger partial charge is 0.347 e. The van der Waals surface area contributed by atoms with Crippen LogP contribution in [-0.4, -0.2) is 10.6 Å². The maximum Gasteiger partial charge on any atom is 0.0483 e. The Balaban J connectivity index is 2.40. The molecule has 0 radical (unpaired) electrons. The standard InChI is InChI=1S/C16H24N2/c1-4-12(2)10-18-11-14(9-13(3)17)15-7-5-6-8-16(15)18/h5-8,11-13H,4,9-10,17H2,1-3H3. The van der Waals surface area contributed by atoms with Crippen LogP contribution in [-0.2, 0) is 13.0 Å². The second-order valence-corrected chi connectivity index (χ2v) is 5.52. The Labute approximate surface area is 110 Å². The number of para-hydroxylation sites is 1. The summed E-state index contributed by atoms with van der Waals surface area (Å²) in [5, 5.41) is 1.36. The van der Waals surface area contributed by atoms with E-state index in [-0.39, 0.29) is 6.04 Å². The Morgan fingerprint density at radius 1 is 1.22 bits per heavy atom. The molecule has 0 amide bonds. The molecule has 1 heterocycles. The minimum atomic E-state index is 0.216. The Morgan fingerprint density at radius 2 is 1.94 bits per heavy atom. The maximum atomic E-state index is 5.94. The first kappa shape index (κ1) is 13.2. The molecule has 0 bridgehead atoms. The number of rotatable bonds is 5. The van der Waals surface area contributed by atoms with Crippen molar-refractivity contribution in [1.29, 1.82) is 0 Å². The van der Waals surface area contributed by atoms with Crippen molar-refractivity contribution in [2.75, 3.05) is 0 Å². The summed E-state index contributed by atoms with van der Waals surface area (Å²) < 4.78 is 2.39. The third-order valence-corrected chi connectivity index (χ3v) is 3.62. The van der Waals surface area contributed by atoms with Gasteiger partial charge in [0, 0.05) is 29.7 Å². The van der Waals surface area contributed by atoms with Gasteiger partial charge in [-0.05, 0) is 30.9 Å². The summed E-state index contributed by atoms with van der Waals surface area (Å²) in [6.45, 7) is 7.72. The molecule has 2 unspecified atom stereocenters. The SMILES string of the molecule is CCC(C)Cn1cc(CC(C)N)c2ccccc21. The van der Waals surface area contributed by atoms with Crippen LogP contribution < -0.4 is 5.73 Å². The van der Waals surface area contributed by atoms with Crippen LogP contribution in [0.1, 0.15) is 32.8 Å². The molecule has 0 spiro atoms. The molecule has 2 heteroatoms. The summed E-state index contributed by atoms with van der Waals surface area (Å²) in [5.41, 5.74) is 8.66. The Hall–Kier alpha value is -1.28. The second-order valence-electron chi connectivity index (χ2n) is 5.52. The lowest BCUT2D eigenvalue weighted by Gasteiger charge is -2.10. The van der Waals surface area contributed by atoms with Gasteiger partial charge in [0.15, 0.2) is 0 Å². The topological polar surface area (TPSA) is 30.9 Å². The van der Waals surface area contributed by atoms with Crippen molar-refractivity contribution < 1.29 is 0 Å². The highest BCUT2D eigenvalue weighted by molar-refractivity contribution is 5.84. The number of nitrogens with zero attached hydrogens (tertiary/aromatic N) is 1. The van der Waals surface area contributed by atoms with E-state index < -0.39 is 0 Å². The molecule has 18 heavy (non-hydrogen) atoms. The van der Waals surface area contributed by atoms with Crippen LogP contribution in [0.15, 0.2) is 30.5 Å². The maximum absolute atomic E-state index is 5.94. The zero-order valence-electron chi connectivity index (χ0n) is 11.7. The Kier molecular flexibility index (Phi) is 4.07. The predicted octanol–water partition coefficient (Wildman–Crippen LogP) is 3.58. The highest BCUT2D eigenvalue weighted by atomic mass is 15.0. The lowest BCUT2D eigenvalue weighted by Crippen LogP contribution is -2.17. The van der Waals surface area contributed by atoms with E-state index in [0.717, 1.165) is 13.0 Å². The molecule has 2 nitrogen and oxygen atoms in total. The van der Waals surface area contributed by atoms with Crippen LogP contribution in [0.5, 0.6) is 0 Å². The fourth-order valence-electron chi connectivity index (χ4n) is 2.45. The van der Waals surface area contributed by atoms with Gasteiger partial charge < -0.3 is 10.3 Å². The zero-order chi connectivity index (χ0) is 13.1. The van der Waals surface area contributed by atoms with E-state index >= 15 is 0 Å². The molecule has 0 aliphatic carbocycles. The lowest BCUT2D eigenvalue weighted by atomic mass is 10.1. The third kappa shape index (κ3) is 2.75. The third-order valence-electron chi connectivity index (χ3n) is 3.62. The summed E-state index contributed by atoms with van der Waals surface area (Å²) in [5.74, 6) is 0.712. The van der Waals surface area contributed by atoms with Crippen molar-refractivity contribution in [3.05, 3.63) is 36.0 Å². The van der Waals surface area contributed by atoms with Gasteiger partial charge in [-0.3, -0.25) is 0 Å². The van der Waals surface area contributed by atoms with E-state index in [1.54, 1.807) is 0 Å². The van der Waals surface area contributed by atoms with E-state index in [9.17, 15) is 0 Å². The lowest BCUT2D eigenvalue weighted by molar-refractivity contribution is 0.477. The fourth-order valence-corrected chi connectivity index (χ4v) is 2.45. The van der Waals surface area contributed by atoms with E-state index in [0.29, 0.717) is 5.92 Å². The first-order chi connectivity index (χ1) is 8.61. The van der Waals surface area contributed by atoms with E-state index in [1.165, 1.54) is 22.9 Å². The number of aromatic nitrogens is 1. The number of nitrogens with two attached hydrogens (primary N) is 1. The van der Waals surface area contributed by atoms with Gasteiger partial charge in [-0.1, -0.05) is 38.5 Å². The molecule has 2 aromatic rings. The van der Waals surface area contributed by atoms with Gasteiger partial charge in [0.25, 0.3) is 0 Å². The average molecular weight is 244 g/mol. The van der Waals surface area contributed by atoms with Gasteiger partial charge >= 0.3 is 0 Å². The van der Waals surface area contributed by atoms with Crippen molar-refractivity contribution in [1.82, 2.24) is 4.57 Å². The van der Waals surface area contributed by atoms with Crippen molar-refractivity contribution >= 4 is 10.9 Å². The quantitative estimate of drug-likeness (QED) is 0.856. The molecular weight excluding hydrogens is 220 g/mol. The van der Waals surface area contributed by atoms with Crippen molar-refractivity contribution in [3.63, 3.8) is 0 Å². The van der Waals surface area contributed by atoms with Crippen LogP contribution in [0.3, 0.4) is 0 Å². The van der Waals surface area contributed by atoms with Crippen molar-refractivity contribution in [2.45, 2.75) is 46.2 Å². The van der Waals surface area contributed by atoms with Gasteiger partial charge in [-0.2, -0.15) is 0 Å². The van der Waals surface area contributed by atoms with Crippen LogP contribution in [0.25, 0.3) is 10.9 Å². The predicted molar refractivity (Wildman–Crippen MR) is 78.7 cm³/mol. The molecule has 0 aliphatic rings. The van der Waals surface area contributed by atoms with E-state index in [1.807, 2.05) is 0 Å². The molecule has 1 aromatic heterocycles. The molecule has 2 atom stereocenters. The van der Waals surface area contributed by atoms with Gasteiger partial charge in [0.1, 0.15) is 0 Å². The van der Waals surface area contributed by atoms with Gasteiger partial charge in [0.05, 0.1) is 0 Å². The number of hydrogen-bond acceptors (Lipinski definition) is 1. The smallest absolute Gasteiger partial charge is 0.0483 e. The highest BCUT2D eigenvalue weighted by Crippen LogP contribution is 2.23. The molecule has 2 rings (SSSR count). The number of hydrogen-bond donors (Lipinski definition) is 1. The minimum Gasteiger partial charge on any atom is -0.347 e. The van der Waals surface area contributed by atoms with Crippen LogP contribution in [0, 0.1) is 5.92 Å². The fraction of sp³-hybridized carbons (Fsp3) is 0.500. The summed E-state index contributed by atoms with van der Waals surface area (Å²) in [6, 6.07) is 8.86. The average Bonchev–Trinajstić information content (AvgIpc) is 2.67. The Bertz CT molecular complexity index is 511. The molecule has 0 saturated heterocycles. The van der Waals surface area contributed by atoms with Crippen LogP contribution >= 0.6 is 0 Å². The van der Waals surface area contributed by atoms with Crippen molar-refractivity contribution in [2.24, 2.45) is 11.7 Å². The molecule has 98 valence electrons. The molecule has 1 aromatic carbocycles. The molecule has 0 aliphatic heterocycles. The molecule has 2 N–H and O–H groups in total. The van der Waals surface area contributed by atoms with Crippen LogP contribution in [0.4, 0.5) is 0 Å². The van der Waals surface area contributed by atoms with Gasteiger partial charge in [-0.15, -0.1) is 0 Å². The van der Waals surface area contributed by atoms with Crippen LogP contribution in [0.2, 0.25) is 0 Å². The zero-order valence-corrected chi connectivity index (χ0v) is 11.7. The first-order valence-electron chi connectivity index (χ1n) is 6.94. The second kappa shape index (κ2) is 5.57.